The number of carbonyl (C=O) groups is 2. The zero-order chi connectivity index (χ0) is 29.0. The average molecular weight is 545 g/mol. The van der Waals surface area contributed by atoms with Gasteiger partial charge in [-0.1, -0.05) is 122 Å². The van der Waals surface area contributed by atoms with E-state index in [4.69, 9.17) is 10.5 Å². The maximum absolute atomic E-state index is 13.3. The molecule has 4 aromatic rings. The topological polar surface area (TPSA) is 81.4 Å². The van der Waals surface area contributed by atoms with Crippen LogP contribution in [0.1, 0.15) is 33.4 Å². The number of methoxy groups -OCH3 is 1. The Kier molecular flexibility index (Phi) is 10.3. The number of amides is 1. The molecule has 4 rings (SSSR count). The molecule has 2 unspecified atom stereocenters. The second-order valence-corrected chi connectivity index (χ2v) is 10.1. The summed E-state index contributed by atoms with van der Waals surface area (Å²) in [5.41, 5.74) is 12.3. The number of ether oxygens (including phenoxy) is 1. The minimum atomic E-state index is -0.654. The first-order chi connectivity index (χ1) is 19.9. The molecule has 1 amide bonds. The molecule has 5 nitrogen and oxygen atoms in total. The zero-order valence-corrected chi connectivity index (χ0v) is 23.3. The summed E-state index contributed by atoms with van der Waals surface area (Å²) in [5, 5.41) is 3.09. The maximum atomic E-state index is 13.3. The van der Waals surface area contributed by atoms with Gasteiger partial charge >= 0.3 is 5.97 Å². The van der Waals surface area contributed by atoms with Crippen molar-refractivity contribution in [3.63, 3.8) is 0 Å². The van der Waals surface area contributed by atoms with E-state index in [1.807, 2.05) is 97.1 Å². The van der Waals surface area contributed by atoms with Crippen molar-refractivity contribution in [2.75, 3.05) is 7.11 Å². The molecule has 0 heterocycles. The Morgan fingerprint density at radius 3 is 2.10 bits per heavy atom. The van der Waals surface area contributed by atoms with Crippen LogP contribution in [0.5, 0.6) is 0 Å². The second kappa shape index (κ2) is 14.5. The minimum absolute atomic E-state index is 0.179. The fourth-order valence-corrected chi connectivity index (χ4v) is 4.75. The number of nitrogens with two attached hydrogens (primary N) is 1. The molecule has 2 atom stereocenters. The minimum Gasteiger partial charge on any atom is -0.469 e. The van der Waals surface area contributed by atoms with Gasteiger partial charge < -0.3 is 15.8 Å². The van der Waals surface area contributed by atoms with Gasteiger partial charge in [-0.25, -0.2) is 0 Å². The van der Waals surface area contributed by atoms with Gasteiger partial charge in [0, 0.05) is 5.70 Å². The van der Waals surface area contributed by atoms with Crippen molar-refractivity contribution in [3.05, 3.63) is 155 Å². The highest BCUT2D eigenvalue weighted by Crippen LogP contribution is 2.20. The number of esters is 1. The monoisotopic (exact) mass is 544 g/mol. The van der Waals surface area contributed by atoms with Gasteiger partial charge in [0.2, 0.25) is 5.91 Å². The third kappa shape index (κ3) is 8.80. The summed E-state index contributed by atoms with van der Waals surface area (Å²) in [5.74, 6) is -1.24. The normalized spacial score (nSPS) is 12.4. The van der Waals surface area contributed by atoms with Crippen molar-refractivity contribution in [3.8, 4) is 0 Å². The number of hydrogen-bond donors (Lipinski definition) is 2. The third-order valence-electron chi connectivity index (χ3n) is 6.95. The first-order valence-corrected chi connectivity index (χ1v) is 13.7. The molecular formula is C36H36N2O3. The first kappa shape index (κ1) is 29.1. The number of carbonyl (C=O) groups excluding carboxylic acids is 2. The lowest BCUT2D eigenvalue weighted by atomic mass is 9.90. The van der Waals surface area contributed by atoms with E-state index in [1.165, 1.54) is 18.2 Å². The first-order valence-electron chi connectivity index (χ1n) is 13.7. The van der Waals surface area contributed by atoms with Gasteiger partial charge in [-0.2, -0.15) is 0 Å². The Bertz CT molecular complexity index is 1480. The van der Waals surface area contributed by atoms with Gasteiger partial charge in [0.25, 0.3) is 0 Å². The lowest BCUT2D eigenvalue weighted by molar-refractivity contribution is -0.146. The van der Waals surface area contributed by atoms with Crippen molar-refractivity contribution in [1.82, 2.24) is 5.32 Å². The van der Waals surface area contributed by atoms with Crippen LogP contribution < -0.4 is 11.1 Å². The summed E-state index contributed by atoms with van der Waals surface area (Å²) in [6, 6.07) is 35.1. The fraction of sp³-hybridized carbons (Fsp3) is 0.167. The van der Waals surface area contributed by atoms with Gasteiger partial charge in [0.1, 0.15) is 0 Å². The molecule has 0 radical (unpaired) electrons. The van der Waals surface area contributed by atoms with Crippen LogP contribution in [0.25, 0.3) is 11.8 Å². The summed E-state index contributed by atoms with van der Waals surface area (Å²) >= 11 is 0. The maximum Gasteiger partial charge on any atom is 0.311 e. The van der Waals surface area contributed by atoms with Gasteiger partial charge in [-0.05, 0) is 52.3 Å². The summed E-state index contributed by atoms with van der Waals surface area (Å²) < 4.78 is 5.19. The average Bonchev–Trinajstić information content (AvgIpc) is 3.00. The number of rotatable bonds is 12. The van der Waals surface area contributed by atoms with Crippen molar-refractivity contribution < 1.29 is 14.3 Å². The molecule has 4 aromatic carbocycles. The number of hydrogen-bond acceptors (Lipinski definition) is 4. The predicted octanol–water partition coefficient (Wildman–Crippen LogP) is 5.98. The molecule has 0 spiro atoms. The van der Waals surface area contributed by atoms with Crippen LogP contribution in [-0.2, 0) is 33.6 Å². The van der Waals surface area contributed by atoms with E-state index in [0.717, 1.165) is 28.7 Å². The Morgan fingerprint density at radius 2 is 1.44 bits per heavy atom. The van der Waals surface area contributed by atoms with Gasteiger partial charge in [-0.15, -0.1) is 0 Å². The molecule has 0 fully saturated rings. The lowest BCUT2D eigenvalue weighted by Crippen LogP contribution is -2.44. The summed E-state index contributed by atoms with van der Waals surface area (Å²) in [7, 11) is 1.37. The molecule has 5 heteroatoms. The van der Waals surface area contributed by atoms with Crippen LogP contribution in [0.2, 0.25) is 0 Å². The summed E-state index contributed by atoms with van der Waals surface area (Å²) in [4.78, 5) is 26.4. The van der Waals surface area contributed by atoms with E-state index in [2.05, 4.69) is 36.2 Å². The van der Waals surface area contributed by atoms with Crippen LogP contribution in [0, 0.1) is 5.92 Å². The van der Waals surface area contributed by atoms with Gasteiger partial charge in [-0.3, -0.25) is 9.59 Å². The van der Waals surface area contributed by atoms with Gasteiger partial charge in [0.05, 0.1) is 25.5 Å². The molecular weight excluding hydrogens is 508 g/mol. The smallest absolute Gasteiger partial charge is 0.311 e. The van der Waals surface area contributed by atoms with Gasteiger partial charge in [0.15, 0.2) is 0 Å². The van der Waals surface area contributed by atoms with Crippen molar-refractivity contribution in [2.24, 2.45) is 11.7 Å². The van der Waals surface area contributed by atoms with E-state index in [9.17, 15) is 9.59 Å². The largest absolute Gasteiger partial charge is 0.469 e. The van der Waals surface area contributed by atoms with E-state index in [-0.39, 0.29) is 12.3 Å². The number of nitrogens with one attached hydrogen (secondary N) is 1. The predicted molar refractivity (Wildman–Crippen MR) is 166 cm³/mol. The Morgan fingerprint density at radius 1 is 0.829 bits per heavy atom. The summed E-state index contributed by atoms with van der Waals surface area (Å²) in [6.45, 7) is 3.82. The van der Waals surface area contributed by atoms with Crippen LogP contribution in [0.4, 0.5) is 0 Å². The van der Waals surface area contributed by atoms with E-state index < -0.39 is 17.9 Å². The zero-order valence-electron chi connectivity index (χ0n) is 23.3. The molecule has 0 saturated carbocycles. The van der Waals surface area contributed by atoms with Crippen LogP contribution >= 0.6 is 0 Å². The Hall–Kier alpha value is -4.90. The molecule has 0 bridgehead atoms. The molecule has 0 aliphatic rings. The number of benzene rings is 4. The molecule has 0 aliphatic carbocycles. The fourth-order valence-electron chi connectivity index (χ4n) is 4.75. The Labute approximate surface area is 242 Å². The van der Waals surface area contributed by atoms with Crippen molar-refractivity contribution in [2.45, 2.75) is 25.3 Å². The third-order valence-corrected chi connectivity index (χ3v) is 6.95. The van der Waals surface area contributed by atoms with Crippen molar-refractivity contribution >= 4 is 23.6 Å². The van der Waals surface area contributed by atoms with E-state index in [1.54, 1.807) is 0 Å². The van der Waals surface area contributed by atoms with Crippen molar-refractivity contribution in [1.29, 1.82) is 0 Å². The summed E-state index contributed by atoms with van der Waals surface area (Å²) in [6.07, 6.45) is 5.16. The standard InChI is InChI=1S/C36H36N2O3/c1-26(37)32-15-9-14-31(23-32)24-33(36(40)41-2)34(21-20-27-10-5-3-6-11-27)38-35(39)25-30-18-16-29(17-19-30)22-28-12-7-4-8-13-28/h3-21,23,33-34H,1,22,24-25,37H2,2H3,(H,38,39)/b21-20+. The highest BCUT2D eigenvalue weighted by atomic mass is 16.5. The Balaban J connectivity index is 1.53. The molecule has 3 N–H and O–H groups in total. The molecule has 208 valence electrons. The van der Waals surface area contributed by atoms with E-state index in [0.29, 0.717) is 12.1 Å². The highest BCUT2D eigenvalue weighted by Gasteiger charge is 2.29. The second-order valence-electron chi connectivity index (χ2n) is 10.1. The van der Waals surface area contributed by atoms with Crippen LogP contribution in [-0.4, -0.2) is 25.0 Å². The molecule has 0 aliphatic heterocycles. The molecule has 0 saturated heterocycles. The van der Waals surface area contributed by atoms with Crippen LogP contribution in [0.15, 0.2) is 122 Å². The highest BCUT2D eigenvalue weighted by molar-refractivity contribution is 5.81. The molecule has 41 heavy (non-hydrogen) atoms. The molecule has 0 aromatic heterocycles. The van der Waals surface area contributed by atoms with E-state index >= 15 is 0 Å². The quantitative estimate of drug-likeness (QED) is 0.215. The SMILES string of the molecule is C=C(N)c1cccc(CC(C(=O)OC)C(/C=C/c2ccccc2)NC(=O)Cc2ccc(Cc3ccccc3)cc2)c1. The van der Waals surface area contributed by atoms with Crippen LogP contribution in [0.3, 0.4) is 0 Å². The lowest BCUT2D eigenvalue weighted by Gasteiger charge is -2.24.